The number of carboxylic acids is 1. The Bertz CT molecular complexity index is 827. The fraction of sp³-hybridized carbons (Fsp3) is 0.368. The molecule has 2 heterocycles. The van der Waals surface area contributed by atoms with Gasteiger partial charge in [0.05, 0.1) is 30.5 Å². The average molecular weight is 360 g/mol. The van der Waals surface area contributed by atoms with E-state index in [0.717, 1.165) is 5.56 Å². The molecule has 7 heteroatoms. The Morgan fingerprint density at radius 2 is 1.96 bits per heavy atom. The number of nitrogens with one attached hydrogen (secondary N) is 1. The third-order valence-electron chi connectivity index (χ3n) is 4.55. The van der Waals surface area contributed by atoms with Gasteiger partial charge in [-0.15, -0.1) is 0 Å². The van der Waals surface area contributed by atoms with Gasteiger partial charge in [0.15, 0.2) is 0 Å². The van der Waals surface area contributed by atoms with Crippen molar-refractivity contribution in [2.24, 2.45) is 5.92 Å². The molecule has 1 aliphatic heterocycles. The highest BCUT2D eigenvalue weighted by molar-refractivity contribution is 5.98. The van der Waals surface area contributed by atoms with E-state index in [2.05, 4.69) is 5.32 Å². The van der Waals surface area contributed by atoms with Crippen LogP contribution in [0, 0.1) is 11.7 Å². The number of ether oxygens (including phenoxy) is 1. The molecule has 138 valence electrons. The third-order valence-corrected chi connectivity index (χ3v) is 4.55. The zero-order chi connectivity index (χ0) is 18.8. The van der Waals surface area contributed by atoms with Gasteiger partial charge >= 0.3 is 5.97 Å². The van der Waals surface area contributed by atoms with Gasteiger partial charge in [0, 0.05) is 6.54 Å². The van der Waals surface area contributed by atoms with Crippen molar-refractivity contribution in [2.45, 2.75) is 33.0 Å². The molecule has 0 unspecified atom stereocenters. The van der Waals surface area contributed by atoms with Gasteiger partial charge in [0.1, 0.15) is 11.5 Å². The summed E-state index contributed by atoms with van der Waals surface area (Å²) in [6.07, 6.45) is 0. The van der Waals surface area contributed by atoms with Crippen LogP contribution in [0.4, 0.5) is 4.39 Å². The summed E-state index contributed by atoms with van der Waals surface area (Å²) in [5, 5.41) is 12.3. The van der Waals surface area contributed by atoms with Crippen LogP contribution in [-0.2, 0) is 17.9 Å². The molecular weight excluding hydrogens is 339 g/mol. The number of fused-ring (bicyclic) bond motifs is 1. The van der Waals surface area contributed by atoms with E-state index in [-0.39, 0.29) is 35.9 Å². The number of hydrogen-bond donors (Lipinski definition) is 2. The van der Waals surface area contributed by atoms with E-state index in [1.807, 2.05) is 13.8 Å². The van der Waals surface area contributed by atoms with Crippen molar-refractivity contribution < 1.29 is 23.8 Å². The molecule has 3 rings (SSSR count). The second-order valence-electron chi connectivity index (χ2n) is 6.65. The third kappa shape index (κ3) is 3.48. The van der Waals surface area contributed by atoms with Gasteiger partial charge in [-0.05, 0) is 29.7 Å². The first kappa shape index (κ1) is 18.1. The van der Waals surface area contributed by atoms with Crippen LogP contribution in [0.25, 0.3) is 0 Å². The summed E-state index contributed by atoms with van der Waals surface area (Å²) in [7, 11) is 0. The van der Waals surface area contributed by atoms with Crippen LogP contribution in [0.15, 0.2) is 30.3 Å². The number of halogens is 1. The summed E-state index contributed by atoms with van der Waals surface area (Å²) in [4.78, 5) is 24.3. The lowest BCUT2D eigenvalue weighted by atomic mass is 9.96. The Balaban J connectivity index is 1.91. The van der Waals surface area contributed by atoms with E-state index in [0.29, 0.717) is 24.5 Å². The minimum Gasteiger partial charge on any atom is -0.478 e. The lowest BCUT2D eigenvalue weighted by Gasteiger charge is -2.24. The SMILES string of the molecule is CC(C)[C@@H](NC(=O)c1cc(C(=O)O)c2n1CCOC2)c1ccc(F)cc1. The Labute approximate surface area is 150 Å². The first-order chi connectivity index (χ1) is 12.4. The zero-order valence-electron chi connectivity index (χ0n) is 14.7. The standard InChI is InChI=1S/C19H21FN2O4/c1-11(2)17(12-3-5-13(20)6-4-12)21-18(23)15-9-14(19(24)25)16-10-26-8-7-22(15)16/h3-6,9,11,17H,7-8,10H2,1-2H3,(H,21,23)(H,24,25)/t17-/m1/s1. The molecular formula is C19H21FN2O4. The molecule has 0 fully saturated rings. The number of aromatic nitrogens is 1. The summed E-state index contributed by atoms with van der Waals surface area (Å²) in [6.45, 7) is 4.93. The smallest absolute Gasteiger partial charge is 0.337 e. The number of carbonyl (C=O) groups is 2. The van der Waals surface area contributed by atoms with E-state index in [4.69, 9.17) is 4.74 Å². The van der Waals surface area contributed by atoms with Crippen LogP contribution in [0.5, 0.6) is 0 Å². The molecule has 1 amide bonds. The van der Waals surface area contributed by atoms with Gasteiger partial charge in [-0.25, -0.2) is 9.18 Å². The number of rotatable bonds is 5. The maximum absolute atomic E-state index is 13.2. The highest BCUT2D eigenvalue weighted by Crippen LogP contribution is 2.25. The fourth-order valence-electron chi connectivity index (χ4n) is 3.22. The van der Waals surface area contributed by atoms with Crippen molar-refractivity contribution >= 4 is 11.9 Å². The molecule has 1 aromatic carbocycles. The van der Waals surface area contributed by atoms with Crippen molar-refractivity contribution in [3.63, 3.8) is 0 Å². The van der Waals surface area contributed by atoms with Gasteiger partial charge in [0.25, 0.3) is 5.91 Å². The van der Waals surface area contributed by atoms with Crippen molar-refractivity contribution in [1.29, 1.82) is 0 Å². The summed E-state index contributed by atoms with van der Waals surface area (Å²) >= 11 is 0. The zero-order valence-corrected chi connectivity index (χ0v) is 14.7. The number of benzene rings is 1. The summed E-state index contributed by atoms with van der Waals surface area (Å²) in [6, 6.07) is 7.08. The summed E-state index contributed by atoms with van der Waals surface area (Å²) < 4.78 is 20.2. The van der Waals surface area contributed by atoms with E-state index in [1.54, 1.807) is 16.7 Å². The highest BCUT2D eigenvalue weighted by Gasteiger charge is 2.27. The fourth-order valence-corrected chi connectivity index (χ4v) is 3.22. The largest absolute Gasteiger partial charge is 0.478 e. The average Bonchev–Trinajstić information content (AvgIpc) is 3.00. The van der Waals surface area contributed by atoms with Gasteiger partial charge < -0.3 is 19.7 Å². The number of carbonyl (C=O) groups excluding carboxylic acids is 1. The van der Waals surface area contributed by atoms with Gasteiger partial charge in [0.2, 0.25) is 0 Å². The maximum Gasteiger partial charge on any atom is 0.337 e. The van der Waals surface area contributed by atoms with Crippen LogP contribution in [0.3, 0.4) is 0 Å². The maximum atomic E-state index is 13.2. The second-order valence-corrected chi connectivity index (χ2v) is 6.65. The molecule has 1 aliphatic rings. The quantitative estimate of drug-likeness (QED) is 0.859. The lowest BCUT2D eigenvalue weighted by Crippen LogP contribution is -2.34. The molecule has 1 aromatic heterocycles. The van der Waals surface area contributed by atoms with Gasteiger partial charge in [-0.3, -0.25) is 4.79 Å². The second kappa shape index (κ2) is 7.29. The minimum atomic E-state index is -1.09. The normalized spacial score (nSPS) is 14.8. The molecule has 6 nitrogen and oxygen atoms in total. The number of aromatic carboxylic acids is 1. The molecule has 1 atom stereocenters. The predicted octanol–water partition coefficient (Wildman–Crippen LogP) is 2.98. The van der Waals surface area contributed by atoms with Crippen LogP contribution in [0.1, 0.15) is 52.0 Å². The molecule has 0 aliphatic carbocycles. The molecule has 0 saturated heterocycles. The first-order valence-electron chi connectivity index (χ1n) is 8.48. The minimum absolute atomic E-state index is 0.0717. The van der Waals surface area contributed by atoms with Crippen LogP contribution < -0.4 is 5.32 Å². The predicted molar refractivity (Wildman–Crippen MR) is 92.5 cm³/mol. The number of hydrogen-bond acceptors (Lipinski definition) is 3. The van der Waals surface area contributed by atoms with Crippen molar-refractivity contribution in [3.8, 4) is 0 Å². The topological polar surface area (TPSA) is 80.6 Å². The van der Waals surface area contributed by atoms with Crippen LogP contribution in [0.2, 0.25) is 0 Å². The number of carboxylic acid groups (broad SMARTS) is 1. The lowest BCUT2D eigenvalue weighted by molar-refractivity contribution is 0.0656. The Morgan fingerprint density at radius 1 is 1.27 bits per heavy atom. The van der Waals surface area contributed by atoms with Crippen LogP contribution >= 0.6 is 0 Å². The molecule has 2 aromatic rings. The van der Waals surface area contributed by atoms with Crippen molar-refractivity contribution in [1.82, 2.24) is 9.88 Å². The monoisotopic (exact) mass is 360 g/mol. The summed E-state index contributed by atoms with van der Waals surface area (Å²) in [5.74, 6) is -1.71. The Hall–Kier alpha value is -2.67. The van der Waals surface area contributed by atoms with Gasteiger partial charge in [-0.1, -0.05) is 26.0 Å². The highest BCUT2D eigenvalue weighted by atomic mass is 19.1. The van der Waals surface area contributed by atoms with Crippen molar-refractivity contribution in [2.75, 3.05) is 6.61 Å². The van der Waals surface area contributed by atoms with E-state index in [9.17, 15) is 19.1 Å². The van der Waals surface area contributed by atoms with Gasteiger partial charge in [-0.2, -0.15) is 0 Å². The first-order valence-corrected chi connectivity index (χ1v) is 8.48. The van der Waals surface area contributed by atoms with Crippen molar-refractivity contribution in [3.05, 3.63) is 58.7 Å². The molecule has 0 saturated carbocycles. The van der Waals surface area contributed by atoms with E-state index >= 15 is 0 Å². The molecule has 0 spiro atoms. The van der Waals surface area contributed by atoms with E-state index < -0.39 is 5.97 Å². The van der Waals surface area contributed by atoms with Crippen LogP contribution in [-0.4, -0.2) is 28.2 Å². The molecule has 2 N–H and O–H groups in total. The molecule has 0 bridgehead atoms. The Morgan fingerprint density at radius 3 is 2.58 bits per heavy atom. The molecule has 26 heavy (non-hydrogen) atoms. The Kier molecular flexibility index (Phi) is 5.08. The number of amides is 1. The molecule has 0 radical (unpaired) electrons. The van der Waals surface area contributed by atoms with E-state index in [1.165, 1.54) is 18.2 Å². The number of nitrogens with zero attached hydrogens (tertiary/aromatic N) is 1. The summed E-state index contributed by atoms with van der Waals surface area (Å²) in [5.41, 5.74) is 1.67.